The molecule has 2 aliphatic rings. The van der Waals surface area contributed by atoms with E-state index in [2.05, 4.69) is 9.89 Å². The van der Waals surface area contributed by atoms with E-state index in [0.29, 0.717) is 5.92 Å². The van der Waals surface area contributed by atoms with Gasteiger partial charge in [-0.25, -0.2) is 0 Å². The Morgan fingerprint density at radius 2 is 2.05 bits per heavy atom. The van der Waals surface area contributed by atoms with Crippen LogP contribution in [0.4, 0.5) is 0 Å². The van der Waals surface area contributed by atoms with Gasteiger partial charge in [0.25, 0.3) is 0 Å². The Balaban J connectivity index is 1.52. The van der Waals surface area contributed by atoms with Crippen LogP contribution in [0.15, 0.2) is 4.99 Å². The number of likely N-dealkylation sites (tertiary alicyclic amines) is 1. The van der Waals surface area contributed by atoms with E-state index in [-0.39, 0.29) is 0 Å². The average molecular weight is 283 g/mol. The van der Waals surface area contributed by atoms with Gasteiger partial charge in [0.05, 0.1) is 13.2 Å². The molecule has 0 amide bonds. The van der Waals surface area contributed by atoms with Crippen molar-refractivity contribution in [2.75, 3.05) is 46.1 Å². The van der Waals surface area contributed by atoms with E-state index >= 15 is 0 Å². The molecular formula is C15H29N3O2. The van der Waals surface area contributed by atoms with Crippen molar-refractivity contribution in [3.05, 3.63) is 0 Å². The highest BCUT2D eigenvalue weighted by atomic mass is 16.5. The zero-order chi connectivity index (χ0) is 14.0. The SMILES string of the molecule is NC(=NCCCOCC1CCOC1)N1CCCCCC1. The van der Waals surface area contributed by atoms with Gasteiger partial charge in [0.1, 0.15) is 0 Å². The highest BCUT2D eigenvalue weighted by molar-refractivity contribution is 5.78. The maximum Gasteiger partial charge on any atom is 0.191 e. The summed E-state index contributed by atoms with van der Waals surface area (Å²) in [5.41, 5.74) is 6.05. The molecule has 2 fully saturated rings. The lowest BCUT2D eigenvalue weighted by atomic mass is 10.1. The first kappa shape index (κ1) is 15.6. The Bertz CT molecular complexity index is 283. The summed E-state index contributed by atoms with van der Waals surface area (Å²) < 4.78 is 11.0. The number of aliphatic imine (C=N–C) groups is 1. The zero-order valence-electron chi connectivity index (χ0n) is 12.6. The fourth-order valence-corrected chi connectivity index (χ4v) is 2.72. The van der Waals surface area contributed by atoms with Crippen LogP contribution in [0, 0.1) is 5.92 Å². The van der Waals surface area contributed by atoms with Crippen molar-refractivity contribution in [2.24, 2.45) is 16.6 Å². The van der Waals surface area contributed by atoms with Crippen LogP contribution in [-0.4, -0.2) is 56.9 Å². The number of rotatable bonds is 6. The molecule has 20 heavy (non-hydrogen) atoms. The van der Waals surface area contributed by atoms with Crippen molar-refractivity contribution < 1.29 is 9.47 Å². The molecule has 0 spiro atoms. The van der Waals surface area contributed by atoms with Gasteiger partial charge in [-0.05, 0) is 25.7 Å². The first-order chi connectivity index (χ1) is 9.86. The second-order valence-corrected chi connectivity index (χ2v) is 5.80. The molecule has 5 heteroatoms. The van der Waals surface area contributed by atoms with Crippen molar-refractivity contribution in [1.29, 1.82) is 0 Å². The minimum Gasteiger partial charge on any atom is -0.381 e. The number of guanidine groups is 1. The lowest BCUT2D eigenvalue weighted by molar-refractivity contribution is 0.0893. The number of hydrogen-bond acceptors (Lipinski definition) is 3. The summed E-state index contributed by atoms with van der Waals surface area (Å²) in [4.78, 5) is 6.70. The highest BCUT2D eigenvalue weighted by Crippen LogP contribution is 2.12. The van der Waals surface area contributed by atoms with Gasteiger partial charge in [0, 0.05) is 38.8 Å². The standard InChI is InChI=1S/C15H29N3O2/c16-15(18-8-3-1-2-4-9-18)17-7-5-10-19-12-14-6-11-20-13-14/h14H,1-13H2,(H2,16,17). The summed E-state index contributed by atoms with van der Waals surface area (Å²) in [7, 11) is 0. The van der Waals surface area contributed by atoms with Gasteiger partial charge in [0.2, 0.25) is 0 Å². The lowest BCUT2D eigenvalue weighted by Crippen LogP contribution is -2.38. The van der Waals surface area contributed by atoms with Gasteiger partial charge in [-0.1, -0.05) is 12.8 Å². The fourth-order valence-electron chi connectivity index (χ4n) is 2.72. The fraction of sp³-hybridized carbons (Fsp3) is 0.933. The number of ether oxygens (including phenoxy) is 2. The van der Waals surface area contributed by atoms with Gasteiger partial charge >= 0.3 is 0 Å². The van der Waals surface area contributed by atoms with Crippen LogP contribution in [-0.2, 0) is 9.47 Å². The normalized spacial score (nSPS) is 24.9. The monoisotopic (exact) mass is 283 g/mol. The quantitative estimate of drug-likeness (QED) is 0.457. The van der Waals surface area contributed by atoms with Crippen molar-refractivity contribution in [1.82, 2.24) is 4.90 Å². The molecule has 0 aromatic heterocycles. The van der Waals surface area contributed by atoms with E-state index in [4.69, 9.17) is 15.2 Å². The maximum absolute atomic E-state index is 6.05. The molecule has 0 aromatic carbocycles. The van der Waals surface area contributed by atoms with Crippen molar-refractivity contribution in [3.8, 4) is 0 Å². The van der Waals surface area contributed by atoms with E-state index in [0.717, 1.165) is 64.9 Å². The third-order valence-corrected chi connectivity index (χ3v) is 4.03. The van der Waals surface area contributed by atoms with E-state index in [1.807, 2.05) is 0 Å². The topological polar surface area (TPSA) is 60.1 Å². The molecule has 2 rings (SSSR count). The molecule has 0 bridgehead atoms. The van der Waals surface area contributed by atoms with E-state index in [9.17, 15) is 0 Å². The molecule has 2 aliphatic heterocycles. The van der Waals surface area contributed by atoms with Gasteiger partial charge < -0.3 is 20.1 Å². The molecule has 1 atom stereocenters. The Kier molecular flexibility index (Phi) is 7.15. The van der Waals surface area contributed by atoms with Crippen molar-refractivity contribution >= 4 is 5.96 Å². The largest absolute Gasteiger partial charge is 0.381 e. The lowest BCUT2D eigenvalue weighted by Gasteiger charge is -2.21. The molecule has 2 heterocycles. The van der Waals surface area contributed by atoms with Crippen molar-refractivity contribution in [2.45, 2.75) is 38.5 Å². The molecule has 2 saturated heterocycles. The number of nitrogens with two attached hydrogens (primary N) is 1. The van der Waals surface area contributed by atoms with Crippen molar-refractivity contribution in [3.63, 3.8) is 0 Å². The van der Waals surface area contributed by atoms with Crippen LogP contribution in [0.25, 0.3) is 0 Å². The Labute approximate surface area is 122 Å². The number of nitrogens with zero attached hydrogens (tertiary/aromatic N) is 2. The summed E-state index contributed by atoms with van der Waals surface area (Å²) in [6.45, 7) is 6.24. The summed E-state index contributed by atoms with van der Waals surface area (Å²) in [6.07, 6.45) is 7.21. The Morgan fingerprint density at radius 3 is 2.75 bits per heavy atom. The van der Waals surface area contributed by atoms with Crippen LogP contribution in [0.1, 0.15) is 38.5 Å². The molecule has 0 radical (unpaired) electrons. The molecule has 0 aliphatic carbocycles. The Hall–Kier alpha value is -0.810. The molecule has 5 nitrogen and oxygen atoms in total. The molecule has 2 N–H and O–H groups in total. The van der Waals surface area contributed by atoms with Gasteiger partial charge in [0.15, 0.2) is 5.96 Å². The minimum atomic E-state index is 0.598. The summed E-state index contributed by atoms with van der Waals surface area (Å²) >= 11 is 0. The smallest absolute Gasteiger partial charge is 0.191 e. The zero-order valence-corrected chi connectivity index (χ0v) is 12.6. The van der Waals surface area contributed by atoms with Crippen LogP contribution in [0.5, 0.6) is 0 Å². The summed E-state index contributed by atoms with van der Waals surface area (Å²) in [5, 5.41) is 0. The predicted molar refractivity (Wildman–Crippen MR) is 80.9 cm³/mol. The van der Waals surface area contributed by atoms with Gasteiger partial charge in [-0.2, -0.15) is 0 Å². The summed E-state index contributed by atoms with van der Waals surface area (Å²) in [5.74, 6) is 1.32. The van der Waals surface area contributed by atoms with Crippen LogP contribution in [0.2, 0.25) is 0 Å². The Morgan fingerprint density at radius 1 is 1.25 bits per heavy atom. The van der Waals surface area contributed by atoms with Crippen LogP contribution < -0.4 is 5.73 Å². The first-order valence-electron chi connectivity index (χ1n) is 8.06. The van der Waals surface area contributed by atoms with Gasteiger partial charge in [-0.3, -0.25) is 4.99 Å². The first-order valence-corrected chi connectivity index (χ1v) is 8.06. The third kappa shape index (κ3) is 5.67. The van der Waals surface area contributed by atoms with Crippen LogP contribution >= 0.6 is 0 Å². The van der Waals surface area contributed by atoms with E-state index in [1.54, 1.807) is 0 Å². The number of hydrogen-bond donors (Lipinski definition) is 1. The second kappa shape index (κ2) is 9.19. The molecular weight excluding hydrogens is 254 g/mol. The highest BCUT2D eigenvalue weighted by Gasteiger charge is 2.15. The third-order valence-electron chi connectivity index (χ3n) is 4.03. The van der Waals surface area contributed by atoms with E-state index in [1.165, 1.54) is 25.7 Å². The molecule has 116 valence electrons. The predicted octanol–water partition coefficient (Wildman–Crippen LogP) is 1.62. The minimum absolute atomic E-state index is 0.598. The summed E-state index contributed by atoms with van der Waals surface area (Å²) in [6, 6.07) is 0. The molecule has 1 unspecified atom stereocenters. The van der Waals surface area contributed by atoms with E-state index < -0.39 is 0 Å². The second-order valence-electron chi connectivity index (χ2n) is 5.80. The van der Waals surface area contributed by atoms with Gasteiger partial charge in [-0.15, -0.1) is 0 Å². The maximum atomic E-state index is 6.05. The average Bonchev–Trinajstić information content (AvgIpc) is 2.82. The molecule has 0 saturated carbocycles. The van der Waals surface area contributed by atoms with Crippen LogP contribution in [0.3, 0.4) is 0 Å². The molecule has 0 aromatic rings.